The second kappa shape index (κ2) is 5.72. The molecule has 0 unspecified atom stereocenters. The van der Waals surface area contributed by atoms with E-state index in [-0.39, 0.29) is 0 Å². The van der Waals surface area contributed by atoms with E-state index in [1.807, 2.05) is 5.32 Å². The summed E-state index contributed by atoms with van der Waals surface area (Å²) in [5.41, 5.74) is -2.50. The maximum Gasteiger partial charge on any atom is 0.418 e. The zero-order chi connectivity index (χ0) is 15.5. The first-order valence-electron chi connectivity index (χ1n) is 5.19. The summed E-state index contributed by atoms with van der Waals surface area (Å²) in [6.07, 6.45) is -5.48. The van der Waals surface area contributed by atoms with Crippen LogP contribution in [-0.2, 0) is 15.8 Å². The third-order valence-corrected chi connectivity index (χ3v) is 2.24. The summed E-state index contributed by atoms with van der Waals surface area (Å²) < 4.78 is 50.9. The van der Waals surface area contributed by atoms with Crippen LogP contribution in [0.2, 0.25) is 0 Å². The predicted molar refractivity (Wildman–Crippen MR) is 61.4 cm³/mol. The van der Waals surface area contributed by atoms with Gasteiger partial charge >= 0.3 is 12.1 Å². The number of hydrogen-bond donors (Lipinski definition) is 2. The molecule has 0 bridgehead atoms. The van der Waals surface area contributed by atoms with Crippen LogP contribution in [0.3, 0.4) is 0 Å². The van der Waals surface area contributed by atoms with Crippen molar-refractivity contribution in [2.24, 2.45) is 0 Å². The van der Waals surface area contributed by atoms with Crippen LogP contribution < -0.4 is 5.32 Å². The fraction of sp³-hybridized carbons (Fsp3) is 0.167. The van der Waals surface area contributed by atoms with Gasteiger partial charge < -0.3 is 10.4 Å². The van der Waals surface area contributed by atoms with Crippen molar-refractivity contribution in [3.63, 3.8) is 0 Å². The number of anilines is 1. The Labute approximate surface area is 110 Å². The Balaban J connectivity index is 2.97. The maximum absolute atomic E-state index is 12.9. The number of amides is 1. The topological polar surface area (TPSA) is 66.4 Å². The molecular weight excluding hydrogens is 282 g/mol. The normalized spacial score (nSPS) is 11.0. The molecule has 4 nitrogen and oxygen atoms in total. The summed E-state index contributed by atoms with van der Waals surface area (Å²) in [6.45, 7) is 3.07. The minimum atomic E-state index is -4.78. The van der Waals surface area contributed by atoms with E-state index in [1.54, 1.807) is 0 Å². The Hall–Kier alpha value is -2.38. The summed E-state index contributed by atoms with van der Waals surface area (Å²) in [5.74, 6) is -3.45. The van der Waals surface area contributed by atoms with E-state index < -0.39 is 47.1 Å². The van der Waals surface area contributed by atoms with Gasteiger partial charge in [0.1, 0.15) is 5.82 Å². The highest BCUT2D eigenvalue weighted by Crippen LogP contribution is 2.35. The van der Waals surface area contributed by atoms with Gasteiger partial charge in [0.2, 0.25) is 5.91 Å². The lowest BCUT2D eigenvalue weighted by atomic mass is 10.1. The minimum absolute atomic E-state index is 0.483. The van der Waals surface area contributed by atoms with Crippen LogP contribution in [0.25, 0.3) is 0 Å². The summed E-state index contributed by atoms with van der Waals surface area (Å²) >= 11 is 0. The lowest BCUT2D eigenvalue weighted by Gasteiger charge is -2.13. The number of carboxylic acid groups (broad SMARTS) is 1. The highest BCUT2D eigenvalue weighted by molar-refractivity contribution is 5.99. The molecule has 1 amide bonds. The Bertz CT molecular complexity index is 566. The molecule has 0 spiro atoms. The summed E-state index contributed by atoms with van der Waals surface area (Å²) in [7, 11) is 0. The Kier molecular flexibility index (Phi) is 4.49. The number of aliphatic carboxylic acids is 1. The molecule has 8 heteroatoms. The Morgan fingerprint density at radius 1 is 1.30 bits per heavy atom. The lowest BCUT2D eigenvalue weighted by molar-refractivity contribution is -0.137. The van der Waals surface area contributed by atoms with Crippen LogP contribution in [0.4, 0.5) is 23.2 Å². The predicted octanol–water partition coefficient (Wildman–Crippen LogP) is 2.81. The molecule has 0 aliphatic rings. The van der Waals surface area contributed by atoms with E-state index in [9.17, 15) is 27.2 Å². The van der Waals surface area contributed by atoms with Crippen LogP contribution >= 0.6 is 0 Å². The molecule has 20 heavy (non-hydrogen) atoms. The zero-order valence-electron chi connectivity index (χ0n) is 9.92. The fourth-order valence-electron chi connectivity index (χ4n) is 1.33. The first-order chi connectivity index (χ1) is 9.11. The first kappa shape index (κ1) is 15.7. The van der Waals surface area contributed by atoms with Gasteiger partial charge in [0, 0.05) is 5.57 Å². The summed E-state index contributed by atoms with van der Waals surface area (Å²) in [5, 5.41) is 10.3. The zero-order valence-corrected chi connectivity index (χ0v) is 9.92. The quantitative estimate of drug-likeness (QED) is 0.662. The molecule has 0 fully saturated rings. The lowest BCUT2D eigenvalue weighted by Crippen LogP contribution is -2.18. The maximum atomic E-state index is 12.9. The van der Waals surface area contributed by atoms with Gasteiger partial charge in [-0.05, 0) is 18.2 Å². The minimum Gasteiger partial charge on any atom is -0.478 e. The van der Waals surface area contributed by atoms with Crippen molar-refractivity contribution in [3.8, 4) is 0 Å². The van der Waals surface area contributed by atoms with E-state index in [0.717, 1.165) is 0 Å². The van der Waals surface area contributed by atoms with Crippen molar-refractivity contribution < 1.29 is 32.3 Å². The summed E-state index contributed by atoms with van der Waals surface area (Å²) in [4.78, 5) is 21.8. The monoisotopic (exact) mass is 291 g/mol. The second-order valence-electron chi connectivity index (χ2n) is 3.82. The molecule has 0 aliphatic carbocycles. The van der Waals surface area contributed by atoms with Crippen molar-refractivity contribution in [3.05, 3.63) is 41.7 Å². The average molecular weight is 291 g/mol. The average Bonchev–Trinajstić information content (AvgIpc) is 2.26. The molecule has 0 atom stereocenters. The van der Waals surface area contributed by atoms with E-state index >= 15 is 0 Å². The smallest absolute Gasteiger partial charge is 0.418 e. The second-order valence-corrected chi connectivity index (χ2v) is 3.82. The van der Waals surface area contributed by atoms with E-state index in [2.05, 4.69) is 6.58 Å². The summed E-state index contributed by atoms with van der Waals surface area (Å²) in [6, 6.07) is 1.59. The third-order valence-electron chi connectivity index (χ3n) is 2.24. The largest absolute Gasteiger partial charge is 0.478 e. The number of carbonyl (C=O) groups is 2. The SMILES string of the molecule is C=C(CC(=O)Nc1cc(F)ccc1C(F)(F)F)C(=O)O. The van der Waals surface area contributed by atoms with E-state index in [0.29, 0.717) is 18.2 Å². The van der Waals surface area contributed by atoms with Gasteiger partial charge in [0.25, 0.3) is 0 Å². The number of nitrogens with one attached hydrogen (secondary N) is 1. The third kappa shape index (κ3) is 4.08. The van der Waals surface area contributed by atoms with Crippen LogP contribution in [-0.4, -0.2) is 17.0 Å². The molecule has 0 aromatic heterocycles. The van der Waals surface area contributed by atoms with Gasteiger partial charge in [-0.2, -0.15) is 13.2 Å². The van der Waals surface area contributed by atoms with Gasteiger partial charge in [0.15, 0.2) is 0 Å². The van der Waals surface area contributed by atoms with Crippen LogP contribution in [0, 0.1) is 5.82 Å². The van der Waals surface area contributed by atoms with Crippen molar-refractivity contribution >= 4 is 17.6 Å². The fourth-order valence-corrected chi connectivity index (χ4v) is 1.33. The number of halogens is 4. The van der Waals surface area contributed by atoms with Gasteiger partial charge in [-0.25, -0.2) is 9.18 Å². The molecule has 1 aromatic rings. The molecular formula is C12H9F4NO3. The standard InChI is InChI=1S/C12H9F4NO3/c1-6(11(19)20)4-10(18)17-9-5-7(13)2-3-8(9)12(14,15)16/h2-3,5H,1,4H2,(H,17,18)(H,19,20). The van der Waals surface area contributed by atoms with Gasteiger partial charge in [-0.3, -0.25) is 4.79 Å². The Morgan fingerprint density at radius 3 is 2.40 bits per heavy atom. The van der Waals surface area contributed by atoms with Gasteiger partial charge in [-0.1, -0.05) is 6.58 Å². The highest BCUT2D eigenvalue weighted by atomic mass is 19.4. The molecule has 1 rings (SSSR count). The van der Waals surface area contributed by atoms with E-state index in [4.69, 9.17) is 5.11 Å². The molecule has 0 saturated carbocycles. The number of hydrogen-bond acceptors (Lipinski definition) is 2. The molecule has 0 heterocycles. The van der Waals surface area contributed by atoms with Crippen LogP contribution in [0.15, 0.2) is 30.4 Å². The highest BCUT2D eigenvalue weighted by Gasteiger charge is 2.34. The molecule has 108 valence electrons. The van der Waals surface area contributed by atoms with Crippen molar-refractivity contribution in [1.82, 2.24) is 0 Å². The van der Waals surface area contributed by atoms with Gasteiger partial charge in [-0.15, -0.1) is 0 Å². The van der Waals surface area contributed by atoms with Crippen molar-refractivity contribution in [2.75, 3.05) is 5.32 Å². The first-order valence-corrected chi connectivity index (χ1v) is 5.19. The number of benzene rings is 1. The number of alkyl halides is 3. The van der Waals surface area contributed by atoms with Crippen LogP contribution in [0.1, 0.15) is 12.0 Å². The number of carbonyl (C=O) groups excluding carboxylic acids is 1. The van der Waals surface area contributed by atoms with Crippen LogP contribution in [0.5, 0.6) is 0 Å². The van der Waals surface area contributed by atoms with Crippen molar-refractivity contribution in [1.29, 1.82) is 0 Å². The van der Waals surface area contributed by atoms with E-state index in [1.165, 1.54) is 0 Å². The number of rotatable bonds is 4. The molecule has 1 aromatic carbocycles. The number of carboxylic acids is 1. The molecule has 0 saturated heterocycles. The molecule has 0 radical (unpaired) electrons. The molecule has 0 aliphatic heterocycles. The Morgan fingerprint density at radius 2 is 1.90 bits per heavy atom. The van der Waals surface area contributed by atoms with Gasteiger partial charge in [0.05, 0.1) is 17.7 Å². The molecule has 2 N–H and O–H groups in total. The van der Waals surface area contributed by atoms with Crippen molar-refractivity contribution in [2.45, 2.75) is 12.6 Å².